The predicted octanol–water partition coefficient (Wildman–Crippen LogP) is 4.73. The van der Waals surface area contributed by atoms with Crippen molar-refractivity contribution < 1.29 is 4.79 Å². The van der Waals surface area contributed by atoms with Gasteiger partial charge in [0.25, 0.3) is 0 Å². The number of anilines is 1. The summed E-state index contributed by atoms with van der Waals surface area (Å²) in [5.74, 6) is -0.162. The van der Waals surface area contributed by atoms with Gasteiger partial charge in [-0.25, -0.2) is 0 Å². The van der Waals surface area contributed by atoms with Gasteiger partial charge < -0.3 is 5.32 Å². The summed E-state index contributed by atoms with van der Waals surface area (Å²) in [7, 11) is 0. The van der Waals surface area contributed by atoms with Crippen LogP contribution in [0.15, 0.2) is 27.1 Å². The first-order chi connectivity index (χ1) is 7.76. The zero-order valence-electron chi connectivity index (χ0n) is 8.86. The molecule has 1 aliphatic carbocycles. The number of alkyl halides is 2. The van der Waals surface area contributed by atoms with Crippen molar-refractivity contribution in [3.63, 3.8) is 0 Å². The number of nitrogens with one attached hydrogen (secondary N) is 1. The zero-order valence-corrected chi connectivity index (χ0v) is 13.5. The Morgan fingerprint density at radius 2 is 2.00 bits per heavy atom. The molecule has 0 aromatic heterocycles. The van der Waals surface area contributed by atoms with E-state index in [-0.39, 0.29) is 5.91 Å². The molecule has 0 heterocycles. The topological polar surface area (TPSA) is 29.1 Å². The Morgan fingerprint density at radius 1 is 1.41 bits per heavy atom. The number of carbonyl (C=O) groups excluding carboxylic acids is 1. The maximum absolute atomic E-state index is 12.0. The molecule has 0 radical (unpaired) electrons. The molecule has 2 nitrogen and oxygen atoms in total. The normalized spacial score (nSPS) is 25.5. The summed E-state index contributed by atoms with van der Waals surface area (Å²) in [6.45, 7) is 1.76. The lowest BCUT2D eigenvalue weighted by atomic mass is 10.1. The van der Waals surface area contributed by atoms with Crippen LogP contribution in [-0.4, -0.2) is 10.2 Å². The van der Waals surface area contributed by atoms with Crippen LogP contribution in [0.2, 0.25) is 0 Å². The SMILES string of the molecule is CC1(C(=O)Nc2ccc(Br)cc2Br)CC1(Cl)Cl. The minimum Gasteiger partial charge on any atom is -0.324 e. The second kappa shape index (κ2) is 4.41. The smallest absolute Gasteiger partial charge is 0.233 e. The van der Waals surface area contributed by atoms with Crippen molar-refractivity contribution >= 4 is 66.7 Å². The van der Waals surface area contributed by atoms with Crippen LogP contribution in [0.3, 0.4) is 0 Å². The van der Waals surface area contributed by atoms with E-state index >= 15 is 0 Å². The maximum Gasteiger partial charge on any atom is 0.233 e. The van der Waals surface area contributed by atoms with E-state index in [4.69, 9.17) is 23.2 Å². The van der Waals surface area contributed by atoms with Gasteiger partial charge in [0.2, 0.25) is 5.91 Å². The number of hydrogen-bond acceptors (Lipinski definition) is 1. The number of halogens is 4. The molecule has 1 aromatic carbocycles. The first-order valence-electron chi connectivity index (χ1n) is 4.91. The molecule has 1 amide bonds. The van der Waals surface area contributed by atoms with Crippen molar-refractivity contribution in [3.8, 4) is 0 Å². The molecule has 1 atom stereocenters. The molecule has 0 bridgehead atoms. The molecule has 0 aliphatic heterocycles. The van der Waals surface area contributed by atoms with Crippen molar-refractivity contribution in [2.24, 2.45) is 5.41 Å². The van der Waals surface area contributed by atoms with Gasteiger partial charge in [0.1, 0.15) is 4.33 Å². The minimum absolute atomic E-state index is 0.162. The van der Waals surface area contributed by atoms with E-state index in [9.17, 15) is 4.79 Å². The van der Waals surface area contributed by atoms with E-state index in [2.05, 4.69) is 37.2 Å². The number of carbonyl (C=O) groups is 1. The molecule has 17 heavy (non-hydrogen) atoms. The summed E-state index contributed by atoms with van der Waals surface area (Å²) in [6, 6.07) is 5.52. The molecule has 1 unspecified atom stereocenters. The molecule has 1 aliphatic rings. The maximum atomic E-state index is 12.0. The molecular formula is C11H9Br2Cl2NO. The van der Waals surface area contributed by atoms with Crippen LogP contribution < -0.4 is 5.32 Å². The average molecular weight is 402 g/mol. The lowest BCUT2D eigenvalue weighted by Crippen LogP contribution is -2.26. The van der Waals surface area contributed by atoms with Gasteiger partial charge in [-0.15, -0.1) is 23.2 Å². The van der Waals surface area contributed by atoms with Crippen molar-refractivity contribution in [3.05, 3.63) is 27.1 Å². The fourth-order valence-corrected chi connectivity index (χ4v) is 3.35. The van der Waals surface area contributed by atoms with Gasteiger partial charge in [0.15, 0.2) is 0 Å². The van der Waals surface area contributed by atoms with E-state index in [1.54, 1.807) is 6.92 Å². The predicted molar refractivity (Wildman–Crippen MR) is 77.6 cm³/mol. The van der Waals surface area contributed by atoms with Crippen LogP contribution >= 0.6 is 55.1 Å². The van der Waals surface area contributed by atoms with Crippen LogP contribution in [0, 0.1) is 5.41 Å². The minimum atomic E-state index is -0.946. The standard InChI is InChI=1S/C11H9Br2Cl2NO/c1-10(5-11(10,14)15)9(17)16-8-3-2-6(12)4-7(8)13/h2-4H,5H2,1H3,(H,16,17). The molecule has 0 spiro atoms. The summed E-state index contributed by atoms with van der Waals surface area (Å²) in [4.78, 5) is 12.0. The highest BCUT2D eigenvalue weighted by molar-refractivity contribution is 9.11. The molecule has 2 rings (SSSR count). The van der Waals surface area contributed by atoms with Crippen LogP contribution in [0.4, 0.5) is 5.69 Å². The van der Waals surface area contributed by atoms with Crippen molar-refractivity contribution in [2.75, 3.05) is 5.32 Å². The lowest BCUT2D eigenvalue weighted by Gasteiger charge is -2.13. The van der Waals surface area contributed by atoms with Crippen molar-refractivity contribution in [1.29, 1.82) is 0 Å². The monoisotopic (exact) mass is 399 g/mol. The molecular weight excluding hydrogens is 393 g/mol. The van der Waals surface area contributed by atoms with Gasteiger partial charge in [-0.1, -0.05) is 15.9 Å². The van der Waals surface area contributed by atoms with Gasteiger partial charge in [-0.2, -0.15) is 0 Å². The first kappa shape index (κ1) is 13.7. The summed E-state index contributed by atoms with van der Waals surface area (Å²) >= 11 is 18.6. The Hall–Kier alpha value is 0.230. The second-order valence-electron chi connectivity index (χ2n) is 4.29. The van der Waals surface area contributed by atoms with Crippen molar-refractivity contribution in [2.45, 2.75) is 17.7 Å². The first-order valence-corrected chi connectivity index (χ1v) is 7.25. The Kier molecular flexibility index (Phi) is 3.54. The van der Waals surface area contributed by atoms with Crippen LogP contribution in [0.1, 0.15) is 13.3 Å². The summed E-state index contributed by atoms with van der Waals surface area (Å²) < 4.78 is 0.794. The number of rotatable bonds is 2. The lowest BCUT2D eigenvalue weighted by molar-refractivity contribution is -0.120. The van der Waals surface area contributed by atoms with Crippen molar-refractivity contribution in [1.82, 2.24) is 0 Å². The molecule has 1 N–H and O–H groups in total. The van der Waals surface area contributed by atoms with Crippen LogP contribution in [-0.2, 0) is 4.79 Å². The molecule has 1 aromatic rings. The third-order valence-electron chi connectivity index (χ3n) is 2.94. The molecule has 1 fully saturated rings. The Balaban J connectivity index is 2.15. The van der Waals surface area contributed by atoms with Gasteiger partial charge in [-0.05, 0) is 47.5 Å². The summed E-state index contributed by atoms with van der Waals surface area (Å²) in [5.41, 5.74) is -0.00160. The van der Waals surface area contributed by atoms with E-state index < -0.39 is 9.75 Å². The number of benzene rings is 1. The van der Waals surface area contributed by atoms with E-state index in [0.717, 1.165) is 8.95 Å². The summed E-state index contributed by atoms with van der Waals surface area (Å²) in [6.07, 6.45) is 0.475. The Labute approximate surface area is 126 Å². The van der Waals surface area contributed by atoms with Crippen LogP contribution in [0.25, 0.3) is 0 Å². The Morgan fingerprint density at radius 3 is 2.47 bits per heavy atom. The molecule has 1 saturated carbocycles. The highest BCUT2D eigenvalue weighted by atomic mass is 79.9. The van der Waals surface area contributed by atoms with Crippen LogP contribution in [0.5, 0.6) is 0 Å². The van der Waals surface area contributed by atoms with Gasteiger partial charge in [-0.3, -0.25) is 4.79 Å². The van der Waals surface area contributed by atoms with E-state index in [0.29, 0.717) is 12.1 Å². The zero-order chi connectivity index (χ0) is 12.8. The highest BCUT2D eigenvalue weighted by Crippen LogP contribution is 2.64. The fourth-order valence-electron chi connectivity index (χ4n) is 1.50. The Bertz CT molecular complexity index is 492. The number of amides is 1. The number of hydrogen-bond donors (Lipinski definition) is 1. The van der Waals surface area contributed by atoms with Gasteiger partial charge >= 0.3 is 0 Å². The van der Waals surface area contributed by atoms with E-state index in [1.165, 1.54) is 0 Å². The molecule has 0 saturated heterocycles. The average Bonchev–Trinajstić information content (AvgIpc) is 2.72. The fraction of sp³-hybridized carbons (Fsp3) is 0.364. The highest BCUT2D eigenvalue weighted by Gasteiger charge is 2.67. The quantitative estimate of drug-likeness (QED) is 0.713. The second-order valence-corrected chi connectivity index (χ2v) is 7.55. The largest absolute Gasteiger partial charge is 0.324 e. The summed E-state index contributed by atoms with van der Waals surface area (Å²) in [5, 5.41) is 2.82. The third kappa shape index (κ3) is 2.50. The van der Waals surface area contributed by atoms with Gasteiger partial charge in [0.05, 0.1) is 11.1 Å². The van der Waals surface area contributed by atoms with Gasteiger partial charge in [0, 0.05) is 8.95 Å². The third-order valence-corrected chi connectivity index (χ3v) is 5.19. The molecule has 92 valence electrons. The van der Waals surface area contributed by atoms with E-state index in [1.807, 2.05) is 18.2 Å². The molecule has 6 heteroatoms.